The highest BCUT2D eigenvalue weighted by Crippen LogP contribution is 2.44. The summed E-state index contributed by atoms with van der Waals surface area (Å²) in [5.41, 5.74) is 4.38. The predicted octanol–water partition coefficient (Wildman–Crippen LogP) is 1.48. The lowest BCUT2D eigenvalue weighted by Gasteiger charge is -2.15. The fraction of sp³-hybridized carbons (Fsp3) is 0.286. The summed E-state index contributed by atoms with van der Waals surface area (Å²) in [6.07, 6.45) is -0.887. The minimum Gasteiger partial charge on any atom is -0.480 e. The zero-order valence-corrected chi connectivity index (χ0v) is 15.6. The van der Waals surface area contributed by atoms with Crippen LogP contribution in [-0.4, -0.2) is 54.0 Å². The zero-order valence-electron chi connectivity index (χ0n) is 15.6. The Balaban J connectivity index is 1.54. The highest BCUT2D eigenvalue weighted by molar-refractivity contribution is 5.86. The first kappa shape index (κ1) is 20.3. The number of carboxylic acids is 1. The van der Waals surface area contributed by atoms with Crippen molar-refractivity contribution in [3.8, 4) is 11.1 Å². The summed E-state index contributed by atoms with van der Waals surface area (Å²) < 4.78 is 5.30. The maximum absolute atomic E-state index is 12.0. The number of amides is 2. The second-order valence-corrected chi connectivity index (χ2v) is 6.65. The third kappa shape index (κ3) is 4.72. The van der Waals surface area contributed by atoms with Crippen molar-refractivity contribution in [2.24, 2.45) is 0 Å². The van der Waals surface area contributed by atoms with Gasteiger partial charge in [0.1, 0.15) is 19.2 Å². The molecule has 0 aliphatic heterocycles. The van der Waals surface area contributed by atoms with E-state index in [-0.39, 0.29) is 25.6 Å². The van der Waals surface area contributed by atoms with Crippen LogP contribution < -0.4 is 10.6 Å². The molecule has 0 saturated carbocycles. The van der Waals surface area contributed by atoms with Crippen molar-refractivity contribution in [3.05, 3.63) is 59.7 Å². The van der Waals surface area contributed by atoms with E-state index in [9.17, 15) is 14.4 Å². The standard InChI is InChI=1S/C21H22N2O6/c24-10-9-18(20(26)27)23-19(25)11-22-21(28)29-12-17-15-7-3-1-5-13(15)14-6-2-4-8-16(14)17/h1-8,17-18,24H,9-12H2,(H,22,28)(H,23,25)(H,26,27)/t18-/m0/s1. The molecule has 29 heavy (non-hydrogen) atoms. The van der Waals surface area contributed by atoms with Gasteiger partial charge in [-0.15, -0.1) is 0 Å². The summed E-state index contributed by atoms with van der Waals surface area (Å²) in [6.45, 7) is -0.688. The number of carboxylic acid groups (broad SMARTS) is 1. The van der Waals surface area contributed by atoms with Crippen molar-refractivity contribution in [3.63, 3.8) is 0 Å². The Morgan fingerprint density at radius 1 is 1.00 bits per heavy atom. The Hall–Kier alpha value is -3.39. The van der Waals surface area contributed by atoms with Crippen LogP contribution in [0.5, 0.6) is 0 Å². The first-order valence-electron chi connectivity index (χ1n) is 9.23. The van der Waals surface area contributed by atoms with Crippen molar-refractivity contribution in [1.82, 2.24) is 10.6 Å². The number of aliphatic hydroxyl groups is 1. The Morgan fingerprint density at radius 2 is 1.59 bits per heavy atom. The summed E-state index contributed by atoms with van der Waals surface area (Å²) in [5, 5.41) is 22.3. The van der Waals surface area contributed by atoms with Crippen LogP contribution in [0.1, 0.15) is 23.5 Å². The van der Waals surface area contributed by atoms with Gasteiger partial charge in [0, 0.05) is 18.9 Å². The lowest BCUT2D eigenvalue weighted by molar-refractivity contribution is -0.142. The van der Waals surface area contributed by atoms with Crippen LogP contribution in [0.4, 0.5) is 4.79 Å². The third-order valence-corrected chi connectivity index (χ3v) is 4.79. The van der Waals surface area contributed by atoms with Gasteiger partial charge in [-0.25, -0.2) is 9.59 Å². The molecule has 3 rings (SSSR count). The van der Waals surface area contributed by atoms with Crippen molar-refractivity contribution >= 4 is 18.0 Å². The normalized spacial score (nSPS) is 13.1. The number of fused-ring (bicyclic) bond motifs is 3. The van der Waals surface area contributed by atoms with Gasteiger partial charge in [0.2, 0.25) is 5.91 Å². The Labute approximate surface area is 167 Å². The number of carbonyl (C=O) groups is 3. The molecule has 8 heteroatoms. The van der Waals surface area contributed by atoms with E-state index in [1.165, 1.54) is 0 Å². The van der Waals surface area contributed by atoms with Crippen molar-refractivity contribution in [1.29, 1.82) is 0 Å². The van der Waals surface area contributed by atoms with Crippen LogP contribution in [0, 0.1) is 0 Å². The number of hydrogen-bond donors (Lipinski definition) is 4. The Morgan fingerprint density at radius 3 is 2.14 bits per heavy atom. The van der Waals surface area contributed by atoms with E-state index < -0.39 is 30.6 Å². The zero-order chi connectivity index (χ0) is 20.8. The van der Waals surface area contributed by atoms with Gasteiger partial charge in [-0.3, -0.25) is 4.79 Å². The smallest absolute Gasteiger partial charge is 0.407 e. The minimum absolute atomic E-state index is 0.0945. The summed E-state index contributed by atoms with van der Waals surface area (Å²) in [5.74, 6) is -2.03. The number of nitrogens with one attached hydrogen (secondary N) is 2. The van der Waals surface area contributed by atoms with E-state index in [0.29, 0.717) is 0 Å². The molecule has 0 bridgehead atoms. The van der Waals surface area contributed by atoms with Gasteiger partial charge in [-0.1, -0.05) is 48.5 Å². The van der Waals surface area contributed by atoms with E-state index >= 15 is 0 Å². The quantitative estimate of drug-likeness (QED) is 0.534. The fourth-order valence-electron chi connectivity index (χ4n) is 3.43. The highest BCUT2D eigenvalue weighted by atomic mass is 16.5. The predicted molar refractivity (Wildman–Crippen MR) is 104 cm³/mol. The largest absolute Gasteiger partial charge is 0.480 e. The maximum atomic E-state index is 12.0. The molecule has 2 aromatic carbocycles. The third-order valence-electron chi connectivity index (χ3n) is 4.79. The fourth-order valence-corrected chi connectivity index (χ4v) is 3.43. The molecule has 0 heterocycles. The van der Waals surface area contributed by atoms with Gasteiger partial charge in [0.25, 0.3) is 0 Å². The molecule has 0 fully saturated rings. The molecule has 1 aliphatic carbocycles. The molecule has 1 aliphatic rings. The number of ether oxygens (including phenoxy) is 1. The first-order chi connectivity index (χ1) is 14.0. The molecule has 0 aromatic heterocycles. The van der Waals surface area contributed by atoms with Crippen molar-refractivity contribution < 1.29 is 29.3 Å². The number of benzene rings is 2. The molecule has 2 amide bonds. The van der Waals surface area contributed by atoms with E-state index in [1.807, 2.05) is 48.5 Å². The van der Waals surface area contributed by atoms with Crippen LogP contribution in [0.2, 0.25) is 0 Å². The monoisotopic (exact) mass is 398 g/mol. The molecule has 0 unspecified atom stereocenters. The molecular weight excluding hydrogens is 376 g/mol. The first-order valence-corrected chi connectivity index (χ1v) is 9.23. The number of aliphatic carboxylic acids is 1. The van der Waals surface area contributed by atoms with E-state index in [4.69, 9.17) is 14.9 Å². The van der Waals surface area contributed by atoms with Crippen molar-refractivity contribution in [2.75, 3.05) is 19.8 Å². The van der Waals surface area contributed by atoms with E-state index in [2.05, 4.69) is 10.6 Å². The SMILES string of the molecule is O=C(CNC(=O)OCC1c2ccccc2-c2ccccc21)N[C@@H](CCO)C(=O)O. The van der Waals surface area contributed by atoms with Crippen LogP contribution in [0.3, 0.4) is 0 Å². The average Bonchev–Trinajstić information content (AvgIpc) is 3.04. The molecule has 0 radical (unpaired) electrons. The van der Waals surface area contributed by atoms with Crippen LogP contribution in [0.15, 0.2) is 48.5 Å². The minimum atomic E-state index is -1.26. The molecule has 2 aromatic rings. The van der Waals surface area contributed by atoms with E-state index in [0.717, 1.165) is 22.3 Å². The van der Waals surface area contributed by atoms with Crippen molar-refractivity contribution in [2.45, 2.75) is 18.4 Å². The van der Waals surface area contributed by atoms with Crippen LogP contribution in [0.25, 0.3) is 11.1 Å². The molecule has 0 saturated heterocycles. The number of aliphatic hydroxyl groups excluding tert-OH is 1. The van der Waals surface area contributed by atoms with Gasteiger partial charge in [0.15, 0.2) is 0 Å². The van der Waals surface area contributed by atoms with Gasteiger partial charge in [-0.2, -0.15) is 0 Å². The number of rotatable bonds is 8. The molecule has 0 spiro atoms. The van der Waals surface area contributed by atoms with Gasteiger partial charge >= 0.3 is 12.1 Å². The molecular formula is C21H22N2O6. The van der Waals surface area contributed by atoms with Gasteiger partial charge in [-0.05, 0) is 22.3 Å². The van der Waals surface area contributed by atoms with Gasteiger partial charge < -0.3 is 25.6 Å². The highest BCUT2D eigenvalue weighted by Gasteiger charge is 2.29. The van der Waals surface area contributed by atoms with Crippen LogP contribution >= 0.6 is 0 Å². The summed E-state index contributed by atoms with van der Waals surface area (Å²) in [4.78, 5) is 34.8. The van der Waals surface area contributed by atoms with Crippen LogP contribution in [-0.2, 0) is 14.3 Å². The summed E-state index contributed by atoms with van der Waals surface area (Å²) in [6, 6.07) is 14.7. The Kier molecular flexibility index (Phi) is 6.46. The summed E-state index contributed by atoms with van der Waals surface area (Å²) in [7, 11) is 0. The molecule has 152 valence electrons. The lowest BCUT2D eigenvalue weighted by Crippen LogP contribution is -2.46. The molecule has 4 N–H and O–H groups in total. The Bertz CT molecular complexity index is 868. The van der Waals surface area contributed by atoms with E-state index in [1.54, 1.807) is 0 Å². The number of hydrogen-bond acceptors (Lipinski definition) is 5. The number of alkyl carbamates (subject to hydrolysis) is 1. The number of carbonyl (C=O) groups excluding carboxylic acids is 2. The average molecular weight is 398 g/mol. The second-order valence-electron chi connectivity index (χ2n) is 6.65. The lowest BCUT2D eigenvalue weighted by atomic mass is 9.98. The van der Waals surface area contributed by atoms with Gasteiger partial charge in [0.05, 0.1) is 0 Å². The molecule has 8 nitrogen and oxygen atoms in total. The second kappa shape index (κ2) is 9.20. The maximum Gasteiger partial charge on any atom is 0.407 e. The summed E-state index contributed by atoms with van der Waals surface area (Å²) >= 11 is 0. The topological polar surface area (TPSA) is 125 Å². The molecule has 1 atom stereocenters.